The molecule has 1 aromatic rings. The zero-order chi connectivity index (χ0) is 22.4. The molecule has 0 saturated carbocycles. The van der Waals surface area contributed by atoms with Gasteiger partial charge in [-0.05, 0) is 45.0 Å². The van der Waals surface area contributed by atoms with Gasteiger partial charge in [0.05, 0.1) is 6.54 Å². The zero-order valence-corrected chi connectivity index (χ0v) is 18.3. The van der Waals surface area contributed by atoms with Gasteiger partial charge in [-0.3, -0.25) is 9.80 Å². The Morgan fingerprint density at radius 3 is 2.32 bits per heavy atom. The molecule has 4 amide bonds. The van der Waals surface area contributed by atoms with E-state index >= 15 is 0 Å². The standard InChI is InChI=1S/C21H31N5O5/c1-21(2,3)31-19(28)25-12-10-24(11-13-25)9-8-22-18(27)23-16-4-6-17(7-5-16)26-14-15-30-20(26)29/h4-7H,8-15H2,1-3H3,(H2,22,23,27). The van der Waals surface area contributed by atoms with Crippen LogP contribution in [0.15, 0.2) is 24.3 Å². The van der Waals surface area contributed by atoms with E-state index in [1.165, 1.54) is 0 Å². The van der Waals surface area contributed by atoms with Gasteiger partial charge in [-0.2, -0.15) is 0 Å². The summed E-state index contributed by atoms with van der Waals surface area (Å²) in [5, 5.41) is 5.62. The van der Waals surface area contributed by atoms with Gasteiger partial charge >= 0.3 is 18.2 Å². The normalized spacial score (nSPS) is 17.3. The molecule has 10 nitrogen and oxygen atoms in total. The predicted octanol–water partition coefficient (Wildman–Crippen LogP) is 2.32. The van der Waals surface area contributed by atoms with Crippen LogP contribution in [0.1, 0.15) is 20.8 Å². The summed E-state index contributed by atoms with van der Waals surface area (Å²) in [4.78, 5) is 41.3. The van der Waals surface area contributed by atoms with Gasteiger partial charge < -0.3 is 25.0 Å². The van der Waals surface area contributed by atoms with Crippen molar-refractivity contribution in [1.82, 2.24) is 15.1 Å². The van der Waals surface area contributed by atoms with Crippen molar-refractivity contribution in [1.29, 1.82) is 0 Å². The summed E-state index contributed by atoms with van der Waals surface area (Å²) in [7, 11) is 0. The van der Waals surface area contributed by atoms with Crippen LogP contribution in [0, 0.1) is 0 Å². The number of cyclic esters (lactones) is 1. The number of rotatable bonds is 5. The maximum atomic E-state index is 12.1. The van der Waals surface area contributed by atoms with Crippen molar-refractivity contribution in [2.75, 3.05) is 62.6 Å². The quantitative estimate of drug-likeness (QED) is 0.739. The van der Waals surface area contributed by atoms with Gasteiger partial charge in [-0.15, -0.1) is 0 Å². The molecule has 2 N–H and O–H groups in total. The number of hydrogen-bond acceptors (Lipinski definition) is 6. The molecule has 0 aliphatic carbocycles. The molecule has 0 atom stereocenters. The van der Waals surface area contributed by atoms with E-state index in [0.717, 1.165) is 18.8 Å². The minimum Gasteiger partial charge on any atom is -0.447 e. The molecule has 10 heteroatoms. The van der Waals surface area contributed by atoms with Crippen molar-refractivity contribution in [2.45, 2.75) is 26.4 Å². The van der Waals surface area contributed by atoms with Crippen molar-refractivity contribution in [3.05, 3.63) is 24.3 Å². The number of amides is 4. The average Bonchev–Trinajstić information content (AvgIpc) is 3.14. The molecule has 2 aliphatic rings. The van der Waals surface area contributed by atoms with Crippen molar-refractivity contribution < 1.29 is 23.9 Å². The largest absolute Gasteiger partial charge is 0.447 e. The van der Waals surface area contributed by atoms with Crippen LogP contribution >= 0.6 is 0 Å². The van der Waals surface area contributed by atoms with Crippen molar-refractivity contribution in [3.8, 4) is 0 Å². The molecule has 31 heavy (non-hydrogen) atoms. The molecule has 0 unspecified atom stereocenters. The number of benzene rings is 1. The first-order chi connectivity index (χ1) is 14.7. The third-order valence-corrected chi connectivity index (χ3v) is 4.94. The topological polar surface area (TPSA) is 103 Å². The molecule has 0 spiro atoms. The summed E-state index contributed by atoms with van der Waals surface area (Å²) in [6.07, 6.45) is -0.636. The van der Waals surface area contributed by atoms with E-state index in [1.807, 2.05) is 20.8 Å². The predicted molar refractivity (Wildman–Crippen MR) is 116 cm³/mol. The van der Waals surface area contributed by atoms with Crippen molar-refractivity contribution in [3.63, 3.8) is 0 Å². The lowest BCUT2D eigenvalue weighted by Gasteiger charge is -2.35. The maximum absolute atomic E-state index is 12.1. The zero-order valence-electron chi connectivity index (χ0n) is 18.3. The first-order valence-electron chi connectivity index (χ1n) is 10.5. The van der Waals surface area contributed by atoms with Crippen LogP contribution in [0.3, 0.4) is 0 Å². The van der Waals surface area contributed by atoms with Gasteiger partial charge in [0.1, 0.15) is 12.2 Å². The highest BCUT2D eigenvalue weighted by atomic mass is 16.6. The number of nitrogens with zero attached hydrogens (tertiary/aromatic N) is 3. The number of piperazine rings is 1. The Balaban J connectivity index is 1.34. The summed E-state index contributed by atoms with van der Waals surface area (Å²) in [6.45, 7) is 10.4. The second-order valence-corrected chi connectivity index (χ2v) is 8.50. The lowest BCUT2D eigenvalue weighted by molar-refractivity contribution is 0.0147. The first kappa shape index (κ1) is 22.7. The first-order valence-corrected chi connectivity index (χ1v) is 10.5. The Hall–Kier alpha value is -3.01. The molecule has 2 heterocycles. The van der Waals surface area contributed by atoms with E-state index in [9.17, 15) is 14.4 Å². The highest BCUT2D eigenvalue weighted by Gasteiger charge is 2.26. The Morgan fingerprint density at radius 2 is 1.74 bits per heavy atom. The SMILES string of the molecule is CC(C)(C)OC(=O)N1CCN(CCNC(=O)Nc2ccc(N3CCOC3=O)cc2)CC1. The molecule has 0 aromatic heterocycles. The summed E-state index contributed by atoms with van der Waals surface area (Å²) in [5.41, 5.74) is 0.880. The molecule has 2 saturated heterocycles. The Labute approximate surface area is 182 Å². The van der Waals surface area contributed by atoms with Crippen LogP contribution in [0.4, 0.5) is 25.8 Å². The minimum atomic E-state index is -0.494. The second kappa shape index (κ2) is 9.86. The van der Waals surface area contributed by atoms with Crippen LogP contribution in [0.2, 0.25) is 0 Å². The van der Waals surface area contributed by atoms with E-state index in [2.05, 4.69) is 15.5 Å². The lowest BCUT2D eigenvalue weighted by atomic mass is 10.2. The number of anilines is 2. The number of carbonyl (C=O) groups excluding carboxylic acids is 3. The number of nitrogens with one attached hydrogen (secondary N) is 2. The smallest absolute Gasteiger partial charge is 0.414 e. The second-order valence-electron chi connectivity index (χ2n) is 8.50. The van der Waals surface area contributed by atoms with Gasteiger partial charge in [0.2, 0.25) is 0 Å². The molecule has 170 valence electrons. The van der Waals surface area contributed by atoms with Crippen molar-refractivity contribution >= 4 is 29.6 Å². The third-order valence-electron chi connectivity index (χ3n) is 4.94. The fourth-order valence-electron chi connectivity index (χ4n) is 3.34. The van der Waals surface area contributed by atoms with Crippen LogP contribution in [-0.4, -0.2) is 86.0 Å². The average molecular weight is 434 g/mol. The maximum Gasteiger partial charge on any atom is 0.414 e. The number of ether oxygens (including phenoxy) is 2. The van der Waals surface area contributed by atoms with Gasteiger partial charge in [0.25, 0.3) is 0 Å². The molecule has 3 rings (SSSR count). The molecular formula is C21H31N5O5. The van der Waals surface area contributed by atoms with Gasteiger partial charge in [0.15, 0.2) is 0 Å². The fraction of sp³-hybridized carbons (Fsp3) is 0.571. The minimum absolute atomic E-state index is 0.280. The highest BCUT2D eigenvalue weighted by molar-refractivity contribution is 5.91. The van der Waals surface area contributed by atoms with E-state index in [4.69, 9.17) is 9.47 Å². The summed E-state index contributed by atoms with van der Waals surface area (Å²) in [6, 6.07) is 6.74. The Morgan fingerprint density at radius 1 is 1.06 bits per heavy atom. The third kappa shape index (κ3) is 6.74. The Bertz CT molecular complexity index is 784. The van der Waals surface area contributed by atoms with Crippen LogP contribution < -0.4 is 15.5 Å². The Kier molecular flexibility index (Phi) is 7.21. The molecule has 1 aromatic carbocycles. The summed E-state index contributed by atoms with van der Waals surface area (Å²) >= 11 is 0. The van der Waals surface area contributed by atoms with Crippen LogP contribution in [0.25, 0.3) is 0 Å². The van der Waals surface area contributed by atoms with E-state index < -0.39 is 5.60 Å². The molecule has 0 bridgehead atoms. The summed E-state index contributed by atoms with van der Waals surface area (Å²) in [5.74, 6) is 0. The lowest BCUT2D eigenvalue weighted by Crippen LogP contribution is -2.51. The molecule has 2 aliphatic heterocycles. The van der Waals surface area contributed by atoms with E-state index in [1.54, 1.807) is 34.1 Å². The number of carbonyl (C=O) groups is 3. The molecular weight excluding hydrogens is 402 g/mol. The van der Waals surface area contributed by atoms with Gasteiger partial charge in [-0.25, -0.2) is 14.4 Å². The van der Waals surface area contributed by atoms with Gasteiger partial charge in [0, 0.05) is 50.6 Å². The molecule has 2 fully saturated rings. The summed E-state index contributed by atoms with van der Waals surface area (Å²) < 4.78 is 10.3. The monoisotopic (exact) mass is 433 g/mol. The molecule has 0 radical (unpaired) electrons. The van der Waals surface area contributed by atoms with E-state index in [0.29, 0.717) is 45.0 Å². The van der Waals surface area contributed by atoms with E-state index in [-0.39, 0.29) is 18.2 Å². The van der Waals surface area contributed by atoms with Crippen LogP contribution in [0.5, 0.6) is 0 Å². The van der Waals surface area contributed by atoms with Crippen molar-refractivity contribution in [2.24, 2.45) is 0 Å². The van der Waals surface area contributed by atoms with Gasteiger partial charge in [-0.1, -0.05) is 0 Å². The highest BCUT2D eigenvalue weighted by Crippen LogP contribution is 2.21. The number of hydrogen-bond donors (Lipinski definition) is 2. The number of urea groups is 1. The fourth-order valence-corrected chi connectivity index (χ4v) is 3.34. The van der Waals surface area contributed by atoms with Crippen LogP contribution in [-0.2, 0) is 9.47 Å².